The highest BCUT2D eigenvalue weighted by Crippen LogP contribution is 2.21. The van der Waals surface area contributed by atoms with E-state index in [0.29, 0.717) is 6.04 Å². The van der Waals surface area contributed by atoms with E-state index in [1.807, 2.05) is 11.3 Å². The fourth-order valence-corrected chi connectivity index (χ4v) is 3.40. The third-order valence-corrected chi connectivity index (χ3v) is 4.59. The van der Waals surface area contributed by atoms with Crippen molar-refractivity contribution in [1.29, 1.82) is 0 Å². The van der Waals surface area contributed by atoms with E-state index in [0.717, 1.165) is 19.1 Å². The molecule has 1 fully saturated rings. The average molecular weight is 253 g/mol. The molecular weight excluding hydrogens is 230 g/mol. The van der Waals surface area contributed by atoms with Crippen molar-refractivity contribution < 1.29 is 4.74 Å². The van der Waals surface area contributed by atoms with Crippen LogP contribution in [0.4, 0.5) is 0 Å². The van der Waals surface area contributed by atoms with Gasteiger partial charge in [-0.3, -0.25) is 0 Å². The first-order valence-corrected chi connectivity index (χ1v) is 7.55. The molecule has 1 aliphatic heterocycles. The summed E-state index contributed by atoms with van der Waals surface area (Å²) in [7, 11) is 2.09. The number of aryl methyl sites for hydroxylation is 1. The lowest BCUT2D eigenvalue weighted by atomic mass is 9.90. The minimum Gasteiger partial charge on any atom is -0.381 e. The molecule has 0 spiro atoms. The number of nitrogens with one attached hydrogen (secondary N) is 1. The summed E-state index contributed by atoms with van der Waals surface area (Å²) in [6, 6.07) is 5.02. The largest absolute Gasteiger partial charge is 0.381 e. The van der Waals surface area contributed by atoms with Crippen LogP contribution in [0.5, 0.6) is 0 Å². The molecule has 0 radical (unpaired) electrons. The first-order chi connectivity index (χ1) is 8.40. The molecular formula is C14H23NOS. The van der Waals surface area contributed by atoms with Gasteiger partial charge in [0.25, 0.3) is 0 Å². The Bertz CT molecular complexity index is 293. The van der Waals surface area contributed by atoms with E-state index in [1.165, 1.54) is 37.0 Å². The van der Waals surface area contributed by atoms with Gasteiger partial charge in [0.2, 0.25) is 0 Å². The normalized spacial score (nSPS) is 22.5. The summed E-state index contributed by atoms with van der Waals surface area (Å²) >= 11 is 1.87. The molecule has 0 bridgehead atoms. The fraction of sp³-hybridized carbons (Fsp3) is 0.714. The Kier molecular flexibility index (Phi) is 5.49. The van der Waals surface area contributed by atoms with Crippen LogP contribution in [0.15, 0.2) is 17.5 Å². The highest BCUT2D eigenvalue weighted by molar-refractivity contribution is 7.09. The maximum atomic E-state index is 5.58. The van der Waals surface area contributed by atoms with Gasteiger partial charge in [-0.25, -0.2) is 0 Å². The molecule has 1 saturated heterocycles. The topological polar surface area (TPSA) is 21.3 Å². The Balaban J connectivity index is 1.71. The number of ether oxygens (including phenoxy) is 1. The van der Waals surface area contributed by atoms with Crippen molar-refractivity contribution in [3.8, 4) is 0 Å². The number of hydrogen-bond acceptors (Lipinski definition) is 3. The SMILES string of the molecule is CNC(CCCc1cccs1)C1CCCOC1. The average Bonchev–Trinajstić information content (AvgIpc) is 2.89. The molecule has 1 aromatic heterocycles. The predicted molar refractivity (Wildman–Crippen MR) is 73.6 cm³/mol. The van der Waals surface area contributed by atoms with Crippen molar-refractivity contribution in [2.24, 2.45) is 5.92 Å². The molecule has 1 aromatic rings. The molecule has 1 aliphatic rings. The van der Waals surface area contributed by atoms with Crippen molar-refractivity contribution in [2.45, 2.75) is 38.1 Å². The Morgan fingerprint density at radius 1 is 1.59 bits per heavy atom. The minimum atomic E-state index is 0.635. The molecule has 2 nitrogen and oxygen atoms in total. The van der Waals surface area contributed by atoms with Crippen molar-refractivity contribution in [2.75, 3.05) is 20.3 Å². The Morgan fingerprint density at radius 2 is 2.53 bits per heavy atom. The Labute approximate surface area is 108 Å². The van der Waals surface area contributed by atoms with E-state index in [-0.39, 0.29) is 0 Å². The van der Waals surface area contributed by atoms with E-state index in [1.54, 1.807) is 0 Å². The zero-order chi connectivity index (χ0) is 11.9. The van der Waals surface area contributed by atoms with Gasteiger partial charge in [-0.2, -0.15) is 0 Å². The van der Waals surface area contributed by atoms with Gasteiger partial charge in [0, 0.05) is 17.5 Å². The fourth-order valence-electron chi connectivity index (χ4n) is 2.65. The van der Waals surface area contributed by atoms with Crippen molar-refractivity contribution in [3.05, 3.63) is 22.4 Å². The van der Waals surface area contributed by atoms with Crippen LogP contribution in [0.25, 0.3) is 0 Å². The lowest BCUT2D eigenvalue weighted by molar-refractivity contribution is 0.0389. The zero-order valence-corrected chi connectivity index (χ0v) is 11.5. The number of rotatable bonds is 6. The van der Waals surface area contributed by atoms with E-state index in [9.17, 15) is 0 Å². The van der Waals surface area contributed by atoms with Crippen LogP contribution in [0.2, 0.25) is 0 Å². The number of thiophene rings is 1. The van der Waals surface area contributed by atoms with E-state index >= 15 is 0 Å². The predicted octanol–water partition coefficient (Wildman–Crippen LogP) is 3.09. The molecule has 2 rings (SSSR count). The molecule has 0 aliphatic carbocycles. The molecule has 0 saturated carbocycles. The second kappa shape index (κ2) is 7.14. The van der Waals surface area contributed by atoms with Gasteiger partial charge >= 0.3 is 0 Å². The van der Waals surface area contributed by atoms with Gasteiger partial charge in [0.05, 0.1) is 6.61 Å². The van der Waals surface area contributed by atoms with Crippen molar-refractivity contribution in [1.82, 2.24) is 5.32 Å². The molecule has 0 aromatic carbocycles. The Hall–Kier alpha value is -0.380. The van der Waals surface area contributed by atoms with E-state index < -0.39 is 0 Å². The van der Waals surface area contributed by atoms with Gasteiger partial charge in [-0.05, 0) is 56.5 Å². The highest BCUT2D eigenvalue weighted by Gasteiger charge is 2.22. The van der Waals surface area contributed by atoms with Crippen LogP contribution in [0, 0.1) is 5.92 Å². The lowest BCUT2D eigenvalue weighted by Gasteiger charge is -2.30. The Morgan fingerprint density at radius 3 is 3.18 bits per heavy atom. The number of hydrogen-bond donors (Lipinski definition) is 1. The summed E-state index contributed by atoms with van der Waals surface area (Å²) in [6.07, 6.45) is 6.33. The third-order valence-electron chi connectivity index (χ3n) is 3.65. The van der Waals surface area contributed by atoms with Crippen LogP contribution in [0.3, 0.4) is 0 Å². The molecule has 17 heavy (non-hydrogen) atoms. The molecule has 1 N–H and O–H groups in total. The first-order valence-electron chi connectivity index (χ1n) is 6.67. The molecule has 2 heterocycles. The summed E-state index contributed by atoms with van der Waals surface area (Å²) in [5, 5.41) is 5.64. The van der Waals surface area contributed by atoms with Gasteiger partial charge in [0.15, 0.2) is 0 Å². The third kappa shape index (κ3) is 4.09. The lowest BCUT2D eigenvalue weighted by Crippen LogP contribution is -2.38. The van der Waals surface area contributed by atoms with Gasteiger partial charge in [-0.15, -0.1) is 11.3 Å². The zero-order valence-electron chi connectivity index (χ0n) is 10.7. The molecule has 0 amide bonds. The summed E-state index contributed by atoms with van der Waals surface area (Å²) in [4.78, 5) is 1.51. The van der Waals surface area contributed by atoms with E-state index in [2.05, 4.69) is 29.9 Å². The summed E-state index contributed by atoms with van der Waals surface area (Å²) in [6.45, 7) is 1.91. The maximum Gasteiger partial charge on any atom is 0.0509 e. The minimum absolute atomic E-state index is 0.635. The highest BCUT2D eigenvalue weighted by atomic mass is 32.1. The smallest absolute Gasteiger partial charge is 0.0509 e. The summed E-state index contributed by atoms with van der Waals surface area (Å²) in [5.74, 6) is 0.720. The first kappa shape index (κ1) is 13.1. The second-order valence-electron chi connectivity index (χ2n) is 4.84. The van der Waals surface area contributed by atoms with Crippen molar-refractivity contribution >= 4 is 11.3 Å². The summed E-state index contributed by atoms with van der Waals surface area (Å²) in [5.41, 5.74) is 0. The quantitative estimate of drug-likeness (QED) is 0.841. The monoisotopic (exact) mass is 253 g/mol. The standard InChI is InChI=1S/C14H23NOS/c1-15-14(12-5-3-9-16-11-12)8-2-6-13-7-4-10-17-13/h4,7,10,12,14-15H,2-3,5-6,8-9,11H2,1H3. The van der Waals surface area contributed by atoms with Gasteiger partial charge in [-0.1, -0.05) is 6.07 Å². The molecule has 2 unspecified atom stereocenters. The maximum absolute atomic E-state index is 5.58. The van der Waals surface area contributed by atoms with Gasteiger partial charge < -0.3 is 10.1 Å². The van der Waals surface area contributed by atoms with Crippen LogP contribution in [-0.2, 0) is 11.2 Å². The molecule has 2 atom stereocenters. The van der Waals surface area contributed by atoms with Gasteiger partial charge in [0.1, 0.15) is 0 Å². The van der Waals surface area contributed by atoms with Crippen LogP contribution in [0.1, 0.15) is 30.6 Å². The van der Waals surface area contributed by atoms with Crippen LogP contribution >= 0.6 is 11.3 Å². The van der Waals surface area contributed by atoms with Crippen LogP contribution in [-0.4, -0.2) is 26.3 Å². The van der Waals surface area contributed by atoms with Crippen LogP contribution < -0.4 is 5.32 Å². The second-order valence-corrected chi connectivity index (χ2v) is 5.88. The molecule has 3 heteroatoms. The molecule has 96 valence electrons. The summed E-state index contributed by atoms with van der Waals surface area (Å²) < 4.78 is 5.58. The van der Waals surface area contributed by atoms with E-state index in [4.69, 9.17) is 4.74 Å². The van der Waals surface area contributed by atoms with Crippen molar-refractivity contribution in [3.63, 3.8) is 0 Å².